The van der Waals surface area contributed by atoms with E-state index < -0.39 is 0 Å². The molecule has 21 aromatic carbocycles. The summed E-state index contributed by atoms with van der Waals surface area (Å²) in [5.41, 5.74) is 32.7. The van der Waals surface area contributed by atoms with E-state index in [4.69, 9.17) is 13.3 Å². The van der Waals surface area contributed by atoms with Crippen molar-refractivity contribution in [2.75, 3.05) is 0 Å². The second-order valence-electron chi connectivity index (χ2n) is 35.4. The molecule has 30 aromatic rings. The lowest BCUT2D eigenvalue weighted by atomic mass is 10.0. The fraction of sp³-hybridized carbons (Fsp3) is 0. The van der Waals surface area contributed by atoms with Crippen molar-refractivity contribution in [3.8, 4) is 67.5 Å². The number of hydrogen-bond acceptors (Lipinski definition) is 3. The molecule has 0 radical (unpaired) electrons. The largest absolute Gasteiger partial charge is 0.455 e. The van der Waals surface area contributed by atoms with Crippen LogP contribution in [0, 0.1) is 5.82 Å². The Bertz CT molecular complexity index is 10200. The van der Waals surface area contributed by atoms with Gasteiger partial charge in [-0.25, -0.2) is 4.39 Å². The second-order valence-corrected chi connectivity index (χ2v) is 35.4. The highest BCUT2D eigenvalue weighted by molar-refractivity contribution is 6.24. The number of aromatic nitrogens is 6. The Kier molecular flexibility index (Phi) is 17.1. The number of rotatable bonds is 9. The fourth-order valence-corrected chi connectivity index (χ4v) is 22.1. The molecular formula is C126H77FN6O3. The molecule has 0 atom stereocenters. The lowest BCUT2D eigenvalue weighted by molar-refractivity contribution is 0.626. The lowest BCUT2D eigenvalue weighted by Gasteiger charge is -2.14. The quantitative estimate of drug-likeness (QED) is 0.145. The van der Waals surface area contributed by atoms with E-state index in [-0.39, 0.29) is 5.82 Å². The highest BCUT2D eigenvalue weighted by Crippen LogP contribution is 2.49. The summed E-state index contributed by atoms with van der Waals surface area (Å²) in [4.78, 5) is 0. The summed E-state index contributed by atoms with van der Waals surface area (Å²) in [6, 6.07) is 165. The maximum Gasteiger partial charge on any atom is 0.143 e. The molecule has 0 aliphatic heterocycles. The Morgan fingerprint density at radius 1 is 0.147 bits per heavy atom. The molecule has 0 fully saturated rings. The normalized spacial score (nSPS) is 12.0. The predicted octanol–water partition coefficient (Wildman–Crippen LogP) is 34.5. The van der Waals surface area contributed by atoms with E-state index in [0.717, 1.165) is 128 Å². The zero-order valence-corrected chi connectivity index (χ0v) is 73.2. The van der Waals surface area contributed by atoms with Crippen LogP contribution in [0.25, 0.3) is 264 Å². The minimum absolute atomic E-state index is 0.266. The number of halogens is 1. The first-order chi connectivity index (χ1) is 67.4. The molecule has 0 unspecified atom stereocenters. The molecule has 30 rings (SSSR count). The van der Waals surface area contributed by atoms with Crippen LogP contribution in [0.5, 0.6) is 0 Å². The van der Waals surface area contributed by atoms with Crippen molar-refractivity contribution < 1.29 is 17.6 Å². The molecule has 9 aromatic heterocycles. The first kappa shape index (κ1) is 76.6. The van der Waals surface area contributed by atoms with Crippen molar-refractivity contribution in [3.05, 3.63) is 473 Å². The van der Waals surface area contributed by atoms with Gasteiger partial charge in [-0.1, -0.05) is 297 Å². The molecule has 0 spiro atoms. The zero-order chi connectivity index (χ0) is 89.3. The van der Waals surface area contributed by atoms with E-state index in [1.165, 1.54) is 137 Å². The van der Waals surface area contributed by atoms with Gasteiger partial charge in [0.2, 0.25) is 0 Å². The van der Waals surface area contributed by atoms with Crippen LogP contribution >= 0.6 is 0 Å². The summed E-state index contributed by atoms with van der Waals surface area (Å²) in [7, 11) is 0. The molecule has 0 bridgehead atoms. The zero-order valence-electron chi connectivity index (χ0n) is 73.2. The summed E-state index contributed by atoms with van der Waals surface area (Å²) < 4.78 is 47.7. The smallest absolute Gasteiger partial charge is 0.143 e. The molecule has 0 N–H and O–H groups in total. The van der Waals surface area contributed by atoms with E-state index in [2.05, 4.69) is 446 Å². The Labute approximate surface area is 776 Å². The van der Waals surface area contributed by atoms with Crippen LogP contribution in [0.4, 0.5) is 4.39 Å². The molecule has 0 saturated heterocycles. The van der Waals surface area contributed by atoms with Crippen LogP contribution in [0.15, 0.2) is 480 Å². The lowest BCUT2D eigenvalue weighted by Crippen LogP contribution is -1.97. The van der Waals surface area contributed by atoms with Crippen molar-refractivity contribution in [2.45, 2.75) is 0 Å². The van der Waals surface area contributed by atoms with Gasteiger partial charge < -0.3 is 40.7 Å². The van der Waals surface area contributed by atoms with Crippen molar-refractivity contribution in [1.29, 1.82) is 0 Å². The third-order valence-electron chi connectivity index (χ3n) is 28.0. The van der Waals surface area contributed by atoms with Gasteiger partial charge in [0.15, 0.2) is 0 Å². The highest BCUT2D eigenvalue weighted by atomic mass is 19.1. The Hall–Kier alpha value is -18.3. The van der Waals surface area contributed by atoms with Crippen LogP contribution < -0.4 is 0 Å². The van der Waals surface area contributed by atoms with Gasteiger partial charge in [0.05, 0.1) is 71.9 Å². The fourth-order valence-electron chi connectivity index (χ4n) is 22.1. The van der Waals surface area contributed by atoms with E-state index >= 15 is 0 Å². The van der Waals surface area contributed by atoms with Crippen LogP contribution in [0.1, 0.15) is 0 Å². The number of para-hydroxylation sites is 15. The first-order valence-electron chi connectivity index (χ1n) is 46.2. The second kappa shape index (κ2) is 30.4. The Morgan fingerprint density at radius 2 is 0.426 bits per heavy atom. The average molecular weight is 1740 g/mol. The van der Waals surface area contributed by atoms with Crippen molar-refractivity contribution >= 4 is 197 Å². The molecule has 9 heterocycles. The van der Waals surface area contributed by atoms with Crippen LogP contribution in [-0.2, 0) is 0 Å². The van der Waals surface area contributed by atoms with Gasteiger partial charge in [0.1, 0.15) is 39.3 Å². The number of hydrogen-bond donors (Lipinski definition) is 0. The average Bonchev–Trinajstić information content (AvgIpc) is 1.56. The van der Waals surface area contributed by atoms with Gasteiger partial charge in [0.25, 0.3) is 0 Å². The Balaban J connectivity index is 0.000000101. The van der Waals surface area contributed by atoms with Crippen molar-refractivity contribution in [3.63, 3.8) is 0 Å². The van der Waals surface area contributed by atoms with E-state index in [9.17, 15) is 4.39 Å². The van der Waals surface area contributed by atoms with Crippen LogP contribution in [0.3, 0.4) is 0 Å². The van der Waals surface area contributed by atoms with Crippen LogP contribution in [0.2, 0.25) is 0 Å². The number of fused-ring (bicyclic) bond motifs is 27. The molecule has 10 heteroatoms. The van der Waals surface area contributed by atoms with E-state index in [1.54, 1.807) is 12.1 Å². The van der Waals surface area contributed by atoms with Gasteiger partial charge in [-0.05, 0) is 181 Å². The molecular weight excluding hydrogens is 1660 g/mol. The highest BCUT2D eigenvalue weighted by Gasteiger charge is 2.27. The molecule has 136 heavy (non-hydrogen) atoms. The molecule has 636 valence electrons. The third kappa shape index (κ3) is 11.8. The van der Waals surface area contributed by atoms with Crippen molar-refractivity contribution in [1.82, 2.24) is 27.4 Å². The molecule has 0 saturated carbocycles. The number of nitrogens with zero attached hydrogens (tertiary/aromatic N) is 6. The number of furan rings is 3. The van der Waals surface area contributed by atoms with Crippen molar-refractivity contribution in [2.24, 2.45) is 0 Å². The minimum Gasteiger partial charge on any atom is -0.455 e. The third-order valence-corrected chi connectivity index (χ3v) is 28.0. The van der Waals surface area contributed by atoms with Gasteiger partial charge >= 0.3 is 0 Å². The minimum atomic E-state index is -0.266. The predicted molar refractivity (Wildman–Crippen MR) is 563 cm³/mol. The summed E-state index contributed by atoms with van der Waals surface area (Å²) in [5.74, 6) is -0.266. The van der Waals surface area contributed by atoms with Gasteiger partial charge in [-0.3, -0.25) is 0 Å². The van der Waals surface area contributed by atoms with Gasteiger partial charge in [0, 0.05) is 148 Å². The Morgan fingerprint density at radius 3 is 0.846 bits per heavy atom. The standard InChI is InChI=1S/C42H25FN2O.2C42H26N2O/c43-27-19-22-41-36(23-27)33-14-8-13-30(42(33)46-41)26-17-20-29(21-18-26)45-38-16-7-5-12-32(38)35-24-39-34(25-40(35)45)31-11-4-6-15-37(31)44(39)28-9-2-1-3-10-28;1-2-13-27(14-3-1)43-36-21-8-5-16-29(36)34-26-40-35(25-39(34)43)30-17-6-10-23-38(30)44(40)37-22-9-4-15-28(37)32-19-12-20-33-31-18-7-11-24-41(31)45-42(32)33;1-2-13-28(14-3-1)43-37-21-7-4-16-31(37)35-26-40-36(25-39(35)43)32-17-5-8-22-38(32)44(40)29-15-10-12-27(24-29)30-19-11-20-34-33-18-6-9-23-41(33)45-42(30)34/h1-25H;2*1-26H. The number of benzene rings is 21. The summed E-state index contributed by atoms with van der Waals surface area (Å²) in [6.45, 7) is 0. The van der Waals surface area contributed by atoms with E-state index in [0.29, 0.717) is 5.58 Å². The molecule has 9 nitrogen and oxygen atoms in total. The van der Waals surface area contributed by atoms with Gasteiger partial charge in [-0.15, -0.1) is 0 Å². The van der Waals surface area contributed by atoms with Gasteiger partial charge in [-0.2, -0.15) is 0 Å². The first-order valence-corrected chi connectivity index (χ1v) is 46.2. The monoisotopic (exact) mass is 1740 g/mol. The van der Waals surface area contributed by atoms with E-state index in [1.807, 2.05) is 30.3 Å². The maximum atomic E-state index is 14.1. The SMILES string of the molecule is Fc1ccc2oc3c(-c4ccc(-n5c6ccccc6c6cc7c(cc65)c5ccccc5n7-c5ccccc5)cc4)cccc3c2c1.c1ccc(-n2c3ccccc3c3cc4c(cc32)c2ccccc2n4-c2cccc(-c3cccc4c3oc3ccccc34)c2)cc1.c1ccc(-n2c3ccccc3c3cc4c(cc32)c2ccccc2n4-c2ccccc2-c2cccc3c2oc2ccccc23)cc1. The topological polar surface area (TPSA) is 69.0 Å². The molecule has 0 aliphatic carbocycles. The summed E-state index contributed by atoms with van der Waals surface area (Å²) in [5, 5.41) is 21.1. The maximum absolute atomic E-state index is 14.1. The molecule has 0 amide bonds. The summed E-state index contributed by atoms with van der Waals surface area (Å²) in [6.07, 6.45) is 0. The molecule has 0 aliphatic rings. The van der Waals surface area contributed by atoms with Crippen LogP contribution in [-0.4, -0.2) is 27.4 Å². The summed E-state index contributed by atoms with van der Waals surface area (Å²) >= 11 is 0.